The van der Waals surface area contributed by atoms with E-state index in [9.17, 15) is 4.79 Å². The molecule has 1 aliphatic carbocycles. The fourth-order valence-corrected chi connectivity index (χ4v) is 3.98. The molecule has 1 heterocycles. The highest BCUT2D eigenvalue weighted by Crippen LogP contribution is 2.38. The van der Waals surface area contributed by atoms with Crippen LogP contribution in [0.15, 0.2) is 29.3 Å². The van der Waals surface area contributed by atoms with Crippen LogP contribution in [-0.4, -0.2) is 54.0 Å². The lowest BCUT2D eigenvalue weighted by atomic mass is 9.84. The summed E-state index contributed by atoms with van der Waals surface area (Å²) in [6, 6.07) is 8.10. The smallest absolute Gasteiger partial charge is 0.230 e. The number of nitrogens with zero attached hydrogens (tertiary/aromatic N) is 4. The third kappa shape index (κ3) is 3.91. The first-order valence-corrected chi connectivity index (χ1v) is 9.53. The van der Waals surface area contributed by atoms with Crippen LogP contribution in [0.25, 0.3) is 11.0 Å². The molecule has 0 atom stereocenters. The number of guanidine groups is 1. The molecule has 7 heteroatoms. The van der Waals surface area contributed by atoms with Crippen LogP contribution in [-0.2, 0) is 18.4 Å². The van der Waals surface area contributed by atoms with Gasteiger partial charge in [-0.1, -0.05) is 25.0 Å². The van der Waals surface area contributed by atoms with Gasteiger partial charge >= 0.3 is 0 Å². The molecule has 0 saturated heterocycles. The lowest BCUT2D eigenvalue weighted by molar-refractivity contribution is -0.138. The van der Waals surface area contributed by atoms with E-state index < -0.39 is 0 Å². The predicted molar refractivity (Wildman–Crippen MR) is 109 cm³/mol. The van der Waals surface area contributed by atoms with Crippen molar-refractivity contribution < 1.29 is 4.79 Å². The van der Waals surface area contributed by atoms with Crippen molar-refractivity contribution in [1.82, 2.24) is 25.1 Å². The Hall–Kier alpha value is -2.57. The highest BCUT2D eigenvalue weighted by molar-refractivity contribution is 5.85. The van der Waals surface area contributed by atoms with Crippen molar-refractivity contribution >= 4 is 22.9 Å². The zero-order chi connectivity index (χ0) is 19.4. The molecule has 7 nitrogen and oxygen atoms in total. The van der Waals surface area contributed by atoms with E-state index in [1.165, 1.54) is 0 Å². The van der Waals surface area contributed by atoms with Gasteiger partial charge in [-0.05, 0) is 25.0 Å². The molecule has 0 unspecified atom stereocenters. The number of aromatic nitrogens is 2. The normalized spacial score (nSPS) is 16.5. The topological polar surface area (TPSA) is 74.5 Å². The Morgan fingerprint density at radius 1 is 1.26 bits per heavy atom. The first kappa shape index (κ1) is 19.2. The van der Waals surface area contributed by atoms with Crippen LogP contribution in [0.2, 0.25) is 0 Å². The van der Waals surface area contributed by atoms with Crippen LogP contribution in [0.4, 0.5) is 0 Å². The third-order valence-corrected chi connectivity index (χ3v) is 5.53. The van der Waals surface area contributed by atoms with Crippen LogP contribution in [0, 0.1) is 5.41 Å². The minimum absolute atomic E-state index is 0.207. The van der Waals surface area contributed by atoms with Crippen molar-refractivity contribution in [3.63, 3.8) is 0 Å². The Morgan fingerprint density at radius 2 is 1.96 bits per heavy atom. The molecule has 1 amide bonds. The zero-order valence-electron chi connectivity index (χ0n) is 16.7. The summed E-state index contributed by atoms with van der Waals surface area (Å²) in [5.74, 6) is 1.84. The van der Waals surface area contributed by atoms with Crippen molar-refractivity contribution in [2.24, 2.45) is 17.5 Å². The Morgan fingerprint density at radius 3 is 2.59 bits per heavy atom. The molecule has 1 aromatic carbocycles. The van der Waals surface area contributed by atoms with Crippen LogP contribution in [0.5, 0.6) is 0 Å². The average Bonchev–Trinajstić information content (AvgIpc) is 3.27. The van der Waals surface area contributed by atoms with Gasteiger partial charge < -0.3 is 20.1 Å². The molecular formula is C20H30N6O. The van der Waals surface area contributed by atoms with E-state index in [-0.39, 0.29) is 11.3 Å². The maximum absolute atomic E-state index is 12.7. The second-order valence-corrected chi connectivity index (χ2v) is 7.54. The molecule has 2 aromatic rings. The Labute approximate surface area is 160 Å². The first-order valence-electron chi connectivity index (χ1n) is 9.53. The number of aryl methyl sites for hydroxylation is 1. The summed E-state index contributed by atoms with van der Waals surface area (Å²) >= 11 is 0. The molecule has 3 rings (SSSR count). The summed E-state index contributed by atoms with van der Waals surface area (Å²) in [4.78, 5) is 23.4. The highest BCUT2D eigenvalue weighted by atomic mass is 16.2. The number of amides is 1. The summed E-state index contributed by atoms with van der Waals surface area (Å²) in [5.41, 5.74) is 1.78. The number of aliphatic imine (C=N–C) groups is 1. The number of carbonyl (C=O) groups excluding carboxylic acids is 1. The van der Waals surface area contributed by atoms with Crippen LogP contribution >= 0.6 is 0 Å². The summed E-state index contributed by atoms with van der Waals surface area (Å²) in [6.45, 7) is 1.17. The van der Waals surface area contributed by atoms with Crippen LogP contribution in [0.3, 0.4) is 0 Å². The monoisotopic (exact) mass is 370 g/mol. The fourth-order valence-electron chi connectivity index (χ4n) is 3.98. The molecule has 146 valence electrons. The highest BCUT2D eigenvalue weighted by Gasteiger charge is 2.42. The van der Waals surface area contributed by atoms with E-state index in [0.717, 1.165) is 42.5 Å². The van der Waals surface area contributed by atoms with Gasteiger partial charge in [0.05, 0.1) is 23.0 Å². The average molecular weight is 371 g/mol. The number of hydrogen-bond acceptors (Lipinski definition) is 3. The fraction of sp³-hybridized carbons (Fsp3) is 0.550. The van der Waals surface area contributed by atoms with Gasteiger partial charge in [0.25, 0.3) is 0 Å². The number of hydrogen-bond donors (Lipinski definition) is 2. The molecule has 1 fully saturated rings. The van der Waals surface area contributed by atoms with Gasteiger partial charge in [0.1, 0.15) is 5.82 Å². The SMILES string of the molecule is CN=C(NCc1nc2ccccc2n1C)NCC1(C(=O)N(C)C)CCCC1. The van der Waals surface area contributed by atoms with Crippen LogP contribution < -0.4 is 10.6 Å². The summed E-state index contributed by atoms with van der Waals surface area (Å²) in [7, 11) is 7.44. The molecule has 0 radical (unpaired) electrons. The van der Waals surface area contributed by atoms with Crippen molar-refractivity contribution in [2.45, 2.75) is 32.2 Å². The van der Waals surface area contributed by atoms with E-state index in [1.54, 1.807) is 11.9 Å². The quantitative estimate of drug-likeness (QED) is 0.623. The van der Waals surface area contributed by atoms with Gasteiger partial charge in [-0.15, -0.1) is 0 Å². The molecule has 0 bridgehead atoms. The van der Waals surface area contributed by atoms with Crippen molar-refractivity contribution in [2.75, 3.05) is 27.7 Å². The molecule has 1 aromatic heterocycles. The second-order valence-electron chi connectivity index (χ2n) is 7.54. The van der Waals surface area contributed by atoms with Gasteiger partial charge in [0.15, 0.2) is 5.96 Å². The first-order chi connectivity index (χ1) is 13.0. The number of nitrogens with one attached hydrogen (secondary N) is 2. The molecule has 0 spiro atoms. The van der Waals surface area contributed by atoms with E-state index >= 15 is 0 Å². The van der Waals surface area contributed by atoms with Crippen molar-refractivity contribution in [3.8, 4) is 0 Å². The van der Waals surface area contributed by atoms with Crippen LogP contribution in [0.1, 0.15) is 31.5 Å². The van der Waals surface area contributed by atoms with E-state index in [1.807, 2.05) is 39.3 Å². The molecule has 1 aliphatic rings. The Kier molecular flexibility index (Phi) is 5.68. The predicted octanol–water partition coefficient (Wildman–Crippen LogP) is 1.89. The largest absolute Gasteiger partial charge is 0.355 e. The summed E-state index contributed by atoms with van der Waals surface area (Å²) in [6.07, 6.45) is 4.07. The molecule has 2 N–H and O–H groups in total. The van der Waals surface area contributed by atoms with E-state index in [0.29, 0.717) is 19.0 Å². The van der Waals surface area contributed by atoms with Gasteiger partial charge in [0.2, 0.25) is 5.91 Å². The Balaban J connectivity index is 1.64. The second kappa shape index (κ2) is 7.98. The number of fused-ring (bicyclic) bond motifs is 1. The molecule has 1 saturated carbocycles. The number of para-hydroxylation sites is 2. The van der Waals surface area contributed by atoms with Gasteiger partial charge in [-0.25, -0.2) is 4.98 Å². The van der Waals surface area contributed by atoms with Crippen molar-refractivity contribution in [3.05, 3.63) is 30.1 Å². The number of benzene rings is 1. The zero-order valence-corrected chi connectivity index (χ0v) is 16.7. The third-order valence-electron chi connectivity index (χ3n) is 5.53. The molecule has 27 heavy (non-hydrogen) atoms. The summed E-state index contributed by atoms with van der Waals surface area (Å²) in [5, 5.41) is 6.69. The lowest BCUT2D eigenvalue weighted by Crippen LogP contribution is -2.49. The lowest BCUT2D eigenvalue weighted by Gasteiger charge is -2.31. The molecular weight excluding hydrogens is 340 g/mol. The van der Waals surface area contributed by atoms with Gasteiger partial charge in [-0.2, -0.15) is 0 Å². The minimum Gasteiger partial charge on any atom is -0.355 e. The van der Waals surface area contributed by atoms with Gasteiger partial charge in [-0.3, -0.25) is 9.79 Å². The van der Waals surface area contributed by atoms with Gasteiger partial charge in [0, 0.05) is 34.7 Å². The number of rotatable bonds is 5. The number of imidazole rings is 1. The maximum Gasteiger partial charge on any atom is 0.230 e. The van der Waals surface area contributed by atoms with Crippen molar-refractivity contribution in [1.29, 1.82) is 0 Å². The minimum atomic E-state index is -0.320. The number of carbonyl (C=O) groups is 1. The maximum atomic E-state index is 12.7. The van der Waals surface area contributed by atoms with E-state index in [2.05, 4.69) is 31.2 Å². The molecule has 0 aliphatic heterocycles. The van der Waals surface area contributed by atoms with E-state index in [4.69, 9.17) is 0 Å². The standard InChI is InChI=1S/C20H30N6O/c1-21-19(23-14-20(11-7-8-12-20)18(27)25(2)3)22-13-17-24-15-9-5-6-10-16(15)26(17)4/h5-6,9-10H,7-8,11-14H2,1-4H3,(H2,21,22,23). The Bertz CT molecular complexity index is 832. The summed E-state index contributed by atoms with van der Waals surface area (Å²) < 4.78 is 2.09.